The van der Waals surface area contributed by atoms with Crippen molar-refractivity contribution < 1.29 is 4.39 Å². The Labute approximate surface area is 88.7 Å². The monoisotopic (exact) mass is 203 g/mol. The van der Waals surface area contributed by atoms with Crippen molar-refractivity contribution in [2.24, 2.45) is 11.3 Å². The SMILES string of the molecule is CCCN(CC)CC(CF)C(C)(C)C. The van der Waals surface area contributed by atoms with E-state index >= 15 is 0 Å². The van der Waals surface area contributed by atoms with Crippen LogP contribution in [0.1, 0.15) is 41.0 Å². The summed E-state index contributed by atoms with van der Waals surface area (Å²) in [6.45, 7) is 13.5. The first-order valence-corrected chi connectivity index (χ1v) is 5.74. The summed E-state index contributed by atoms with van der Waals surface area (Å²) in [6, 6.07) is 0. The van der Waals surface area contributed by atoms with Crippen molar-refractivity contribution in [1.82, 2.24) is 4.90 Å². The van der Waals surface area contributed by atoms with Crippen molar-refractivity contribution in [2.45, 2.75) is 41.0 Å². The zero-order valence-electron chi connectivity index (χ0n) is 10.4. The third kappa shape index (κ3) is 4.94. The molecular formula is C12H26FN. The minimum atomic E-state index is -0.205. The van der Waals surface area contributed by atoms with Gasteiger partial charge in [-0.05, 0) is 24.9 Å². The summed E-state index contributed by atoms with van der Waals surface area (Å²) in [5, 5.41) is 0. The lowest BCUT2D eigenvalue weighted by Crippen LogP contribution is -2.37. The zero-order valence-corrected chi connectivity index (χ0v) is 10.4. The molecule has 0 rings (SSSR count). The number of halogens is 1. The quantitative estimate of drug-likeness (QED) is 0.640. The number of nitrogens with zero attached hydrogens (tertiary/aromatic N) is 1. The van der Waals surface area contributed by atoms with E-state index in [-0.39, 0.29) is 18.0 Å². The molecule has 0 aliphatic heterocycles. The van der Waals surface area contributed by atoms with Gasteiger partial charge in [0.25, 0.3) is 0 Å². The van der Waals surface area contributed by atoms with Crippen LogP contribution < -0.4 is 0 Å². The van der Waals surface area contributed by atoms with Gasteiger partial charge in [-0.2, -0.15) is 0 Å². The Bertz CT molecular complexity index is 140. The molecule has 0 aliphatic rings. The molecule has 0 saturated heterocycles. The van der Waals surface area contributed by atoms with Crippen LogP contribution in [0, 0.1) is 11.3 Å². The average Bonchev–Trinajstić information content (AvgIpc) is 2.10. The maximum absolute atomic E-state index is 12.9. The van der Waals surface area contributed by atoms with E-state index in [1.54, 1.807) is 0 Å². The zero-order chi connectivity index (χ0) is 11.2. The molecule has 86 valence electrons. The van der Waals surface area contributed by atoms with Gasteiger partial charge >= 0.3 is 0 Å². The molecule has 1 atom stereocenters. The summed E-state index contributed by atoms with van der Waals surface area (Å²) in [5.74, 6) is 0.161. The van der Waals surface area contributed by atoms with Crippen LogP contribution in [0.25, 0.3) is 0 Å². The van der Waals surface area contributed by atoms with Crippen LogP contribution in [0.2, 0.25) is 0 Å². The van der Waals surface area contributed by atoms with Gasteiger partial charge in [0.2, 0.25) is 0 Å². The summed E-state index contributed by atoms with van der Waals surface area (Å²) >= 11 is 0. The minimum Gasteiger partial charge on any atom is -0.303 e. The molecule has 0 radical (unpaired) electrons. The molecule has 2 heteroatoms. The fourth-order valence-electron chi connectivity index (χ4n) is 1.56. The number of rotatable bonds is 6. The topological polar surface area (TPSA) is 3.24 Å². The lowest BCUT2D eigenvalue weighted by molar-refractivity contribution is 0.126. The van der Waals surface area contributed by atoms with E-state index in [1.807, 2.05) is 0 Å². The van der Waals surface area contributed by atoms with Gasteiger partial charge in [-0.1, -0.05) is 34.6 Å². The van der Waals surface area contributed by atoms with Crippen molar-refractivity contribution in [2.75, 3.05) is 26.3 Å². The fraction of sp³-hybridized carbons (Fsp3) is 1.00. The number of hydrogen-bond donors (Lipinski definition) is 0. The first-order chi connectivity index (χ1) is 6.45. The second-order valence-corrected chi connectivity index (χ2v) is 5.11. The smallest absolute Gasteiger partial charge is 0.0939 e. The van der Waals surface area contributed by atoms with Crippen LogP contribution in [-0.2, 0) is 0 Å². The Morgan fingerprint density at radius 2 is 1.79 bits per heavy atom. The van der Waals surface area contributed by atoms with E-state index in [0.717, 1.165) is 26.1 Å². The molecule has 0 N–H and O–H groups in total. The first kappa shape index (κ1) is 13.9. The fourth-order valence-corrected chi connectivity index (χ4v) is 1.56. The molecule has 0 fully saturated rings. The highest BCUT2D eigenvalue weighted by molar-refractivity contribution is 4.76. The third-order valence-corrected chi connectivity index (χ3v) is 2.88. The van der Waals surface area contributed by atoms with Gasteiger partial charge in [-0.15, -0.1) is 0 Å². The van der Waals surface area contributed by atoms with Gasteiger partial charge in [0.1, 0.15) is 0 Å². The highest BCUT2D eigenvalue weighted by Gasteiger charge is 2.25. The van der Waals surface area contributed by atoms with Crippen molar-refractivity contribution in [3.8, 4) is 0 Å². The molecule has 0 heterocycles. The van der Waals surface area contributed by atoms with E-state index in [0.29, 0.717) is 0 Å². The lowest BCUT2D eigenvalue weighted by Gasteiger charge is -2.33. The van der Waals surface area contributed by atoms with E-state index in [1.165, 1.54) is 0 Å². The van der Waals surface area contributed by atoms with Gasteiger partial charge < -0.3 is 4.90 Å². The third-order valence-electron chi connectivity index (χ3n) is 2.88. The van der Waals surface area contributed by atoms with Crippen LogP contribution in [0.3, 0.4) is 0 Å². The molecule has 0 aromatic rings. The van der Waals surface area contributed by atoms with Gasteiger partial charge in [0.15, 0.2) is 0 Å². The van der Waals surface area contributed by atoms with Crippen molar-refractivity contribution in [3.05, 3.63) is 0 Å². The van der Waals surface area contributed by atoms with E-state index in [2.05, 4.69) is 39.5 Å². The summed E-state index contributed by atoms with van der Waals surface area (Å²) in [4.78, 5) is 2.34. The average molecular weight is 203 g/mol. The summed E-state index contributed by atoms with van der Waals surface area (Å²) < 4.78 is 12.9. The van der Waals surface area contributed by atoms with Crippen LogP contribution >= 0.6 is 0 Å². The maximum atomic E-state index is 12.9. The molecule has 0 amide bonds. The maximum Gasteiger partial charge on any atom is 0.0939 e. The van der Waals surface area contributed by atoms with Gasteiger partial charge in [0, 0.05) is 12.5 Å². The van der Waals surface area contributed by atoms with Crippen molar-refractivity contribution >= 4 is 0 Å². The standard InChI is InChI=1S/C12H26FN/c1-6-8-14(7-2)10-11(9-13)12(3,4)5/h11H,6-10H2,1-5H3. The predicted octanol–water partition coefficient (Wildman–Crippen LogP) is 3.35. The van der Waals surface area contributed by atoms with Crippen molar-refractivity contribution in [3.63, 3.8) is 0 Å². The molecule has 0 aliphatic carbocycles. The van der Waals surface area contributed by atoms with E-state index < -0.39 is 0 Å². The Balaban J connectivity index is 4.14. The van der Waals surface area contributed by atoms with Crippen LogP contribution in [0.5, 0.6) is 0 Å². The van der Waals surface area contributed by atoms with Gasteiger partial charge in [-0.3, -0.25) is 4.39 Å². The minimum absolute atomic E-state index is 0.0793. The summed E-state index contributed by atoms with van der Waals surface area (Å²) in [5.41, 5.74) is 0.0793. The Hall–Kier alpha value is -0.110. The summed E-state index contributed by atoms with van der Waals surface area (Å²) in [7, 11) is 0. The Morgan fingerprint density at radius 1 is 1.21 bits per heavy atom. The molecular weight excluding hydrogens is 177 g/mol. The van der Waals surface area contributed by atoms with Gasteiger partial charge in [0.05, 0.1) is 6.67 Å². The van der Waals surface area contributed by atoms with E-state index in [4.69, 9.17) is 0 Å². The van der Waals surface area contributed by atoms with E-state index in [9.17, 15) is 4.39 Å². The molecule has 1 unspecified atom stereocenters. The number of hydrogen-bond acceptors (Lipinski definition) is 1. The normalized spacial score (nSPS) is 14.8. The van der Waals surface area contributed by atoms with Crippen LogP contribution in [-0.4, -0.2) is 31.2 Å². The molecule has 1 nitrogen and oxygen atoms in total. The molecule has 0 saturated carbocycles. The first-order valence-electron chi connectivity index (χ1n) is 5.74. The Kier molecular flexibility index (Phi) is 6.34. The molecule has 0 aromatic carbocycles. The highest BCUT2D eigenvalue weighted by Crippen LogP contribution is 2.27. The molecule has 14 heavy (non-hydrogen) atoms. The lowest BCUT2D eigenvalue weighted by atomic mass is 9.81. The molecule has 0 bridgehead atoms. The Morgan fingerprint density at radius 3 is 2.07 bits per heavy atom. The van der Waals surface area contributed by atoms with Crippen LogP contribution in [0.15, 0.2) is 0 Å². The molecule has 0 aromatic heterocycles. The molecule has 0 spiro atoms. The second kappa shape index (κ2) is 6.39. The van der Waals surface area contributed by atoms with Crippen LogP contribution in [0.4, 0.5) is 4.39 Å². The second-order valence-electron chi connectivity index (χ2n) is 5.11. The van der Waals surface area contributed by atoms with Crippen molar-refractivity contribution in [1.29, 1.82) is 0 Å². The summed E-state index contributed by atoms with van der Waals surface area (Å²) in [6.07, 6.45) is 1.15. The predicted molar refractivity (Wildman–Crippen MR) is 61.3 cm³/mol. The highest BCUT2D eigenvalue weighted by atomic mass is 19.1. The van der Waals surface area contributed by atoms with Gasteiger partial charge in [-0.25, -0.2) is 0 Å². The number of alkyl halides is 1. The largest absolute Gasteiger partial charge is 0.303 e.